The van der Waals surface area contributed by atoms with E-state index < -0.39 is 11.2 Å². The Morgan fingerprint density at radius 3 is 2.50 bits per heavy atom. The maximum atomic E-state index is 14.4. The first-order chi connectivity index (χ1) is 14.6. The van der Waals surface area contributed by atoms with Crippen LogP contribution in [0.2, 0.25) is 0 Å². The van der Waals surface area contributed by atoms with Crippen molar-refractivity contribution in [3.63, 3.8) is 0 Å². The fourth-order valence-corrected chi connectivity index (χ4v) is 4.68. The molecule has 1 fully saturated rings. The van der Waals surface area contributed by atoms with Crippen molar-refractivity contribution >= 4 is 35.0 Å². The Balaban J connectivity index is 1.64. The molecule has 4 nitrogen and oxygen atoms in total. The number of rotatable bonds is 5. The Bertz CT molecular complexity index is 1080. The van der Waals surface area contributed by atoms with Crippen LogP contribution in [-0.4, -0.2) is 17.6 Å². The van der Waals surface area contributed by atoms with E-state index in [1.807, 2.05) is 30.3 Å². The molecule has 4 rings (SSSR count). The van der Waals surface area contributed by atoms with Gasteiger partial charge < -0.3 is 5.32 Å². The number of hydrogen-bond acceptors (Lipinski definition) is 3. The summed E-state index contributed by atoms with van der Waals surface area (Å²) in [6.07, 6.45) is 0.906. The summed E-state index contributed by atoms with van der Waals surface area (Å²) in [4.78, 5) is 26.8. The average Bonchev–Trinajstić information content (AvgIpc) is 3.15. The normalized spacial score (nSPS) is 16.0. The third kappa shape index (κ3) is 3.96. The molecule has 1 unspecified atom stereocenters. The van der Waals surface area contributed by atoms with Gasteiger partial charge in [-0.15, -0.1) is 11.8 Å². The molecule has 0 bridgehead atoms. The second-order valence-corrected chi connectivity index (χ2v) is 8.04. The number of anilines is 2. The lowest BCUT2D eigenvalue weighted by Gasteiger charge is -2.26. The van der Waals surface area contributed by atoms with E-state index in [1.54, 1.807) is 36.4 Å². The van der Waals surface area contributed by atoms with Gasteiger partial charge in [-0.05, 0) is 42.3 Å². The first kappa shape index (κ1) is 20.2. The van der Waals surface area contributed by atoms with E-state index in [9.17, 15) is 14.0 Å². The number of nitrogens with one attached hydrogen (secondary N) is 1. The number of benzene rings is 3. The van der Waals surface area contributed by atoms with Gasteiger partial charge in [-0.25, -0.2) is 4.39 Å². The van der Waals surface area contributed by atoms with Crippen molar-refractivity contribution in [3.05, 3.63) is 95.3 Å². The zero-order chi connectivity index (χ0) is 21.1. The van der Waals surface area contributed by atoms with Crippen molar-refractivity contribution in [2.45, 2.75) is 18.7 Å². The summed E-state index contributed by atoms with van der Waals surface area (Å²) in [6, 6.07) is 21.1. The van der Waals surface area contributed by atoms with Crippen molar-refractivity contribution in [3.8, 4) is 0 Å². The van der Waals surface area contributed by atoms with Gasteiger partial charge in [0.2, 0.25) is 5.91 Å². The van der Waals surface area contributed by atoms with Gasteiger partial charge in [-0.1, -0.05) is 49.4 Å². The maximum absolute atomic E-state index is 14.4. The van der Waals surface area contributed by atoms with Crippen LogP contribution in [0.15, 0.2) is 72.8 Å². The van der Waals surface area contributed by atoms with Gasteiger partial charge in [0, 0.05) is 16.8 Å². The highest BCUT2D eigenvalue weighted by Crippen LogP contribution is 2.44. The lowest BCUT2D eigenvalue weighted by molar-refractivity contribution is -0.115. The van der Waals surface area contributed by atoms with Crippen LogP contribution in [0.1, 0.15) is 33.8 Å². The van der Waals surface area contributed by atoms with Crippen molar-refractivity contribution in [2.24, 2.45) is 0 Å². The molecule has 1 N–H and O–H groups in total. The first-order valence-corrected chi connectivity index (χ1v) is 10.8. The average molecular weight is 421 g/mol. The van der Waals surface area contributed by atoms with E-state index in [1.165, 1.54) is 22.7 Å². The number of halogens is 1. The van der Waals surface area contributed by atoms with Crippen LogP contribution in [-0.2, 0) is 11.2 Å². The standard InChI is InChI=1S/C24H21FN2O2S/c1-2-16-11-13-17(14-12-16)23(29)26-20-9-5-3-7-18(20)24-27(22(28)15-30-24)21-10-6-4-8-19(21)25/h3-14,24H,2,15H2,1H3,(H,26,29). The van der Waals surface area contributed by atoms with Gasteiger partial charge >= 0.3 is 0 Å². The molecular weight excluding hydrogens is 399 g/mol. The van der Waals surface area contributed by atoms with Crippen molar-refractivity contribution in [1.29, 1.82) is 0 Å². The van der Waals surface area contributed by atoms with Crippen LogP contribution >= 0.6 is 11.8 Å². The highest BCUT2D eigenvalue weighted by molar-refractivity contribution is 8.00. The molecule has 1 heterocycles. The molecule has 30 heavy (non-hydrogen) atoms. The third-order valence-corrected chi connectivity index (χ3v) is 6.27. The van der Waals surface area contributed by atoms with Crippen molar-refractivity contribution < 1.29 is 14.0 Å². The molecule has 1 aliphatic rings. The monoisotopic (exact) mass is 420 g/mol. The number of para-hydroxylation sites is 2. The summed E-state index contributed by atoms with van der Waals surface area (Å²) in [7, 11) is 0. The molecule has 3 aromatic carbocycles. The fraction of sp³-hybridized carbons (Fsp3) is 0.167. The highest BCUT2D eigenvalue weighted by Gasteiger charge is 2.36. The lowest BCUT2D eigenvalue weighted by Crippen LogP contribution is -2.29. The van der Waals surface area contributed by atoms with Crippen LogP contribution in [0, 0.1) is 5.82 Å². The van der Waals surface area contributed by atoms with E-state index in [-0.39, 0.29) is 23.3 Å². The molecule has 3 aromatic rings. The molecule has 1 atom stereocenters. The van der Waals surface area contributed by atoms with Crippen LogP contribution in [0.25, 0.3) is 0 Å². The fourth-order valence-electron chi connectivity index (χ4n) is 3.47. The minimum atomic E-state index is -0.448. The molecule has 0 spiro atoms. The van der Waals surface area contributed by atoms with Gasteiger partial charge in [0.25, 0.3) is 5.91 Å². The second kappa shape index (κ2) is 8.71. The van der Waals surface area contributed by atoms with Crippen LogP contribution in [0.3, 0.4) is 0 Å². The van der Waals surface area contributed by atoms with Crippen molar-refractivity contribution in [2.75, 3.05) is 16.0 Å². The quantitative estimate of drug-likeness (QED) is 0.600. The SMILES string of the molecule is CCc1ccc(C(=O)Nc2ccccc2C2SCC(=O)N2c2ccccc2F)cc1. The zero-order valence-corrected chi connectivity index (χ0v) is 17.3. The molecule has 1 aliphatic heterocycles. The smallest absolute Gasteiger partial charge is 0.255 e. The molecular formula is C24H21FN2O2S. The third-order valence-electron chi connectivity index (χ3n) is 5.08. The minimum absolute atomic E-state index is 0.161. The summed E-state index contributed by atoms with van der Waals surface area (Å²) < 4.78 is 14.4. The van der Waals surface area contributed by atoms with E-state index in [4.69, 9.17) is 0 Å². The summed E-state index contributed by atoms with van der Waals surface area (Å²) in [5.41, 5.74) is 3.33. The Morgan fingerprint density at radius 2 is 1.77 bits per heavy atom. The van der Waals surface area contributed by atoms with Crippen LogP contribution in [0.5, 0.6) is 0 Å². The number of nitrogens with zero attached hydrogens (tertiary/aromatic N) is 1. The Morgan fingerprint density at radius 1 is 1.07 bits per heavy atom. The van der Waals surface area contributed by atoms with Gasteiger partial charge in [0.15, 0.2) is 0 Å². The maximum Gasteiger partial charge on any atom is 0.255 e. The summed E-state index contributed by atoms with van der Waals surface area (Å²) >= 11 is 1.42. The topological polar surface area (TPSA) is 49.4 Å². The van der Waals surface area contributed by atoms with Gasteiger partial charge in [0.1, 0.15) is 11.2 Å². The Hall–Kier alpha value is -3.12. The predicted molar refractivity (Wildman–Crippen MR) is 119 cm³/mol. The summed E-state index contributed by atoms with van der Waals surface area (Å²) in [6.45, 7) is 2.06. The molecule has 1 saturated heterocycles. The zero-order valence-electron chi connectivity index (χ0n) is 16.5. The number of carbonyl (C=O) groups excluding carboxylic acids is 2. The predicted octanol–water partition coefficient (Wildman–Crippen LogP) is 5.42. The Labute approximate surface area is 179 Å². The molecule has 0 saturated carbocycles. The number of carbonyl (C=O) groups is 2. The molecule has 152 valence electrons. The van der Waals surface area contributed by atoms with Gasteiger partial charge in [-0.3, -0.25) is 14.5 Å². The number of thioether (sulfide) groups is 1. The second-order valence-electron chi connectivity index (χ2n) is 6.97. The molecule has 2 amide bonds. The van der Waals surface area contributed by atoms with Crippen molar-refractivity contribution in [1.82, 2.24) is 0 Å². The molecule has 0 aliphatic carbocycles. The molecule has 6 heteroatoms. The van der Waals surface area contributed by atoms with Gasteiger partial charge in [0.05, 0.1) is 11.4 Å². The van der Waals surface area contributed by atoms with E-state index >= 15 is 0 Å². The summed E-state index contributed by atoms with van der Waals surface area (Å²) in [5.74, 6) is -0.584. The number of hydrogen-bond donors (Lipinski definition) is 1. The van der Waals surface area contributed by atoms with Crippen LogP contribution in [0.4, 0.5) is 15.8 Å². The van der Waals surface area contributed by atoms with E-state index in [2.05, 4.69) is 12.2 Å². The number of amides is 2. The highest BCUT2D eigenvalue weighted by atomic mass is 32.2. The molecule has 0 aromatic heterocycles. The Kier molecular flexibility index (Phi) is 5.86. The van der Waals surface area contributed by atoms with Crippen LogP contribution < -0.4 is 10.2 Å². The summed E-state index contributed by atoms with van der Waals surface area (Å²) in [5, 5.41) is 2.54. The lowest BCUT2D eigenvalue weighted by atomic mass is 10.1. The molecule has 0 radical (unpaired) electrons. The minimum Gasteiger partial charge on any atom is -0.322 e. The van der Waals surface area contributed by atoms with Gasteiger partial charge in [-0.2, -0.15) is 0 Å². The largest absolute Gasteiger partial charge is 0.322 e. The number of aryl methyl sites for hydroxylation is 1. The first-order valence-electron chi connectivity index (χ1n) is 9.76. The van der Waals surface area contributed by atoms with E-state index in [0.717, 1.165) is 17.5 Å². The van der Waals surface area contributed by atoms with E-state index in [0.29, 0.717) is 11.3 Å².